The van der Waals surface area contributed by atoms with E-state index in [1.54, 1.807) is 23.9 Å². The molecule has 0 unspecified atom stereocenters. The number of rotatable bonds is 4. The average molecular weight is 416 g/mol. The van der Waals surface area contributed by atoms with Crippen LogP contribution >= 0.6 is 0 Å². The number of hydrogen-bond acceptors (Lipinski definition) is 3. The zero-order chi connectivity index (χ0) is 22.1. The van der Waals surface area contributed by atoms with Gasteiger partial charge < -0.3 is 4.57 Å². The molecule has 0 aliphatic rings. The molecule has 0 bridgehead atoms. The van der Waals surface area contributed by atoms with Crippen molar-refractivity contribution in [2.24, 2.45) is 7.05 Å². The first-order valence-electron chi connectivity index (χ1n) is 10.4. The zero-order valence-corrected chi connectivity index (χ0v) is 17.5. The van der Waals surface area contributed by atoms with Crippen LogP contribution in [0.3, 0.4) is 0 Å². The highest BCUT2D eigenvalue weighted by Gasteiger charge is 2.20. The molecular weight excluding hydrogens is 396 g/mol. The van der Waals surface area contributed by atoms with Gasteiger partial charge in [0.25, 0.3) is 5.56 Å². The lowest BCUT2D eigenvalue weighted by molar-refractivity contribution is 0.104. The predicted molar refractivity (Wildman–Crippen MR) is 130 cm³/mol. The third-order valence-corrected chi connectivity index (χ3v) is 5.69. The Balaban J connectivity index is 1.71. The van der Waals surface area contributed by atoms with Gasteiger partial charge in [-0.25, -0.2) is 0 Å². The van der Waals surface area contributed by atoms with E-state index in [4.69, 9.17) is 0 Å². The van der Waals surface area contributed by atoms with E-state index in [9.17, 15) is 9.59 Å². The number of para-hydroxylation sites is 2. The fourth-order valence-corrected chi connectivity index (χ4v) is 4.14. The van der Waals surface area contributed by atoms with Crippen LogP contribution in [0, 0.1) is 0 Å². The number of pyridine rings is 2. The number of nitrogens with zero attached hydrogens (tertiary/aromatic N) is 2. The summed E-state index contributed by atoms with van der Waals surface area (Å²) in [6.07, 6.45) is 4.94. The minimum Gasteiger partial charge on any atom is -0.311 e. The molecule has 0 N–H and O–H groups in total. The summed E-state index contributed by atoms with van der Waals surface area (Å²) in [6.45, 7) is 0. The van der Waals surface area contributed by atoms with Crippen LogP contribution in [0.1, 0.15) is 15.9 Å². The Labute approximate surface area is 185 Å². The van der Waals surface area contributed by atoms with Gasteiger partial charge in [-0.2, -0.15) is 0 Å². The quantitative estimate of drug-likeness (QED) is 0.281. The van der Waals surface area contributed by atoms with Crippen LogP contribution in [0.4, 0.5) is 0 Å². The second-order valence-corrected chi connectivity index (χ2v) is 7.62. The van der Waals surface area contributed by atoms with Crippen molar-refractivity contribution in [3.63, 3.8) is 0 Å². The molecule has 0 radical (unpaired) electrons. The third kappa shape index (κ3) is 3.32. The number of ketones is 1. The largest absolute Gasteiger partial charge is 0.311 e. The van der Waals surface area contributed by atoms with E-state index < -0.39 is 0 Å². The first-order valence-corrected chi connectivity index (χ1v) is 10.4. The van der Waals surface area contributed by atoms with Gasteiger partial charge in [0.15, 0.2) is 5.78 Å². The van der Waals surface area contributed by atoms with Crippen molar-refractivity contribution in [2.45, 2.75) is 0 Å². The van der Waals surface area contributed by atoms with Crippen LogP contribution in [0.15, 0.2) is 102 Å². The highest BCUT2D eigenvalue weighted by molar-refractivity contribution is 6.15. The standard InChI is InChI=1S/C28H20N2O2/c1-30-23-15-6-5-14-22(23)25(19-9-3-2-4-10-19)26(28(30)32)24(31)17-16-21-12-7-11-20-13-8-18-29-27(20)21/h2-18H,1H3. The number of hydrogen-bond donors (Lipinski definition) is 0. The maximum absolute atomic E-state index is 13.4. The molecule has 32 heavy (non-hydrogen) atoms. The molecule has 0 aliphatic carbocycles. The number of carbonyl (C=O) groups is 1. The molecule has 154 valence electrons. The summed E-state index contributed by atoms with van der Waals surface area (Å²) in [6, 6.07) is 26.9. The second kappa shape index (κ2) is 8.08. The van der Waals surface area contributed by atoms with E-state index in [2.05, 4.69) is 4.98 Å². The van der Waals surface area contributed by atoms with E-state index >= 15 is 0 Å². The van der Waals surface area contributed by atoms with Crippen LogP contribution in [-0.4, -0.2) is 15.3 Å². The summed E-state index contributed by atoms with van der Waals surface area (Å²) in [7, 11) is 1.70. The topological polar surface area (TPSA) is 52.0 Å². The van der Waals surface area contributed by atoms with Crippen LogP contribution in [-0.2, 0) is 7.05 Å². The van der Waals surface area contributed by atoms with Crippen molar-refractivity contribution >= 4 is 33.7 Å². The van der Waals surface area contributed by atoms with Gasteiger partial charge in [-0.3, -0.25) is 14.6 Å². The van der Waals surface area contributed by atoms with E-state index in [1.165, 1.54) is 6.08 Å². The van der Waals surface area contributed by atoms with Crippen LogP contribution in [0.2, 0.25) is 0 Å². The van der Waals surface area contributed by atoms with Gasteiger partial charge in [0, 0.05) is 35.1 Å². The lowest BCUT2D eigenvalue weighted by Gasteiger charge is -2.14. The molecule has 2 heterocycles. The van der Waals surface area contributed by atoms with Crippen molar-refractivity contribution in [3.8, 4) is 11.1 Å². The first-order chi connectivity index (χ1) is 15.6. The van der Waals surface area contributed by atoms with Crippen molar-refractivity contribution in [1.82, 2.24) is 9.55 Å². The lowest BCUT2D eigenvalue weighted by atomic mass is 9.93. The van der Waals surface area contributed by atoms with Gasteiger partial charge in [-0.1, -0.05) is 72.8 Å². The Morgan fingerprint density at radius 3 is 2.47 bits per heavy atom. The number of fused-ring (bicyclic) bond motifs is 2. The molecule has 0 saturated heterocycles. The maximum atomic E-state index is 13.4. The fraction of sp³-hybridized carbons (Fsp3) is 0.0357. The smallest absolute Gasteiger partial charge is 0.262 e. The molecule has 2 aromatic heterocycles. The first kappa shape index (κ1) is 19.6. The fourth-order valence-electron chi connectivity index (χ4n) is 4.14. The van der Waals surface area contributed by atoms with Gasteiger partial charge >= 0.3 is 0 Å². The summed E-state index contributed by atoms with van der Waals surface area (Å²) >= 11 is 0. The molecule has 5 rings (SSSR count). The Morgan fingerprint density at radius 1 is 0.875 bits per heavy atom. The van der Waals surface area contributed by atoms with Crippen molar-refractivity contribution < 1.29 is 4.79 Å². The molecule has 4 nitrogen and oxygen atoms in total. The molecule has 3 aromatic carbocycles. The monoisotopic (exact) mass is 416 g/mol. The molecule has 0 aliphatic heterocycles. The maximum Gasteiger partial charge on any atom is 0.262 e. The van der Waals surface area contributed by atoms with Crippen LogP contribution in [0.25, 0.3) is 39.0 Å². The number of aryl methyl sites for hydroxylation is 1. The molecule has 5 aromatic rings. The molecule has 0 fully saturated rings. The summed E-state index contributed by atoms with van der Waals surface area (Å²) in [5.74, 6) is -0.330. The highest BCUT2D eigenvalue weighted by atomic mass is 16.1. The number of benzene rings is 3. The Kier molecular flexibility index (Phi) is 4.96. The van der Waals surface area contributed by atoms with Gasteiger partial charge in [0.2, 0.25) is 0 Å². The minimum absolute atomic E-state index is 0.168. The summed E-state index contributed by atoms with van der Waals surface area (Å²) in [4.78, 5) is 31.2. The Bertz CT molecular complexity index is 1560. The van der Waals surface area contributed by atoms with Gasteiger partial charge in [0.1, 0.15) is 0 Å². The molecule has 0 amide bonds. The molecule has 0 atom stereocenters. The minimum atomic E-state index is -0.330. The molecule has 0 spiro atoms. The molecule has 0 saturated carbocycles. The number of aromatic nitrogens is 2. The van der Waals surface area contributed by atoms with Gasteiger partial charge in [-0.15, -0.1) is 0 Å². The van der Waals surface area contributed by atoms with Gasteiger partial charge in [0.05, 0.1) is 16.6 Å². The zero-order valence-electron chi connectivity index (χ0n) is 17.5. The normalized spacial score (nSPS) is 11.4. The summed E-state index contributed by atoms with van der Waals surface area (Å²) in [5.41, 5.74) is 3.79. The van der Waals surface area contributed by atoms with E-state index in [1.807, 2.05) is 84.9 Å². The molecule has 4 heteroatoms. The van der Waals surface area contributed by atoms with Crippen LogP contribution in [0.5, 0.6) is 0 Å². The Morgan fingerprint density at radius 2 is 1.62 bits per heavy atom. The summed E-state index contributed by atoms with van der Waals surface area (Å²) < 4.78 is 1.54. The van der Waals surface area contributed by atoms with Crippen LogP contribution < -0.4 is 5.56 Å². The average Bonchev–Trinajstić information content (AvgIpc) is 2.85. The third-order valence-electron chi connectivity index (χ3n) is 5.69. The number of carbonyl (C=O) groups excluding carboxylic acids is 1. The number of allylic oxidation sites excluding steroid dienone is 1. The SMILES string of the molecule is Cn1c(=O)c(C(=O)C=Cc2cccc3cccnc23)c(-c2ccccc2)c2ccccc21. The lowest BCUT2D eigenvalue weighted by Crippen LogP contribution is -2.25. The van der Waals surface area contributed by atoms with Gasteiger partial charge in [-0.05, 0) is 29.8 Å². The Hall–Kier alpha value is -4.31. The predicted octanol–water partition coefficient (Wildman–Crippen LogP) is 5.65. The van der Waals surface area contributed by atoms with E-state index in [-0.39, 0.29) is 16.9 Å². The van der Waals surface area contributed by atoms with Crippen molar-refractivity contribution in [1.29, 1.82) is 0 Å². The van der Waals surface area contributed by atoms with E-state index in [0.29, 0.717) is 5.56 Å². The second-order valence-electron chi connectivity index (χ2n) is 7.62. The van der Waals surface area contributed by atoms with Crippen molar-refractivity contribution in [2.75, 3.05) is 0 Å². The summed E-state index contributed by atoms with van der Waals surface area (Å²) in [5, 5.41) is 1.86. The van der Waals surface area contributed by atoms with Crippen molar-refractivity contribution in [3.05, 3.63) is 119 Å². The highest BCUT2D eigenvalue weighted by Crippen LogP contribution is 2.30. The van der Waals surface area contributed by atoms with E-state index in [0.717, 1.165) is 32.9 Å². The molecular formula is C28H20N2O2.